The molecule has 1 heterocycles. The molecule has 2 aromatic rings. The fourth-order valence-electron chi connectivity index (χ4n) is 1.59. The van der Waals surface area contributed by atoms with Gasteiger partial charge in [0, 0.05) is 13.1 Å². The Morgan fingerprint density at radius 3 is 3.00 bits per heavy atom. The molecule has 3 N–H and O–H groups in total. The Morgan fingerprint density at radius 2 is 2.20 bits per heavy atom. The van der Waals surface area contributed by atoms with Crippen LogP contribution in [0.15, 0.2) is 30.6 Å². The van der Waals surface area contributed by atoms with E-state index in [1.165, 1.54) is 0 Å². The van der Waals surface area contributed by atoms with Crippen LogP contribution < -0.4 is 5.73 Å². The van der Waals surface area contributed by atoms with Crippen LogP contribution in [0.5, 0.6) is 0 Å². The molecule has 15 heavy (non-hydrogen) atoms. The van der Waals surface area contributed by atoms with Crippen molar-refractivity contribution in [2.75, 3.05) is 6.54 Å². The molecule has 4 nitrogen and oxygen atoms in total. The van der Waals surface area contributed by atoms with Crippen molar-refractivity contribution in [1.29, 1.82) is 0 Å². The maximum absolute atomic E-state index is 9.37. The monoisotopic (exact) mass is 205 g/mol. The smallest absolute Gasteiger partial charge is 0.0958 e. The molecule has 1 aromatic carbocycles. The third-order valence-corrected chi connectivity index (χ3v) is 2.50. The van der Waals surface area contributed by atoms with Crippen LogP contribution in [0, 0.1) is 0 Å². The van der Waals surface area contributed by atoms with Gasteiger partial charge < -0.3 is 15.4 Å². The van der Waals surface area contributed by atoms with Crippen molar-refractivity contribution in [2.45, 2.75) is 19.1 Å². The van der Waals surface area contributed by atoms with E-state index in [4.69, 9.17) is 5.73 Å². The molecule has 0 aliphatic carbocycles. The van der Waals surface area contributed by atoms with E-state index in [2.05, 4.69) is 4.98 Å². The summed E-state index contributed by atoms with van der Waals surface area (Å²) >= 11 is 0. The first kappa shape index (κ1) is 10.1. The van der Waals surface area contributed by atoms with Gasteiger partial charge in [-0.05, 0) is 18.6 Å². The molecule has 4 heteroatoms. The number of aliphatic hydroxyl groups is 1. The van der Waals surface area contributed by atoms with Crippen molar-refractivity contribution in [3.05, 3.63) is 30.6 Å². The van der Waals surface area contributed by atoms with E-state index in [1.807, 2.05) is 28.8 Å². The number of para-hydroxylation sites is 2. The minimum Gasteiger partial charge on any atom is -0.392 e. The third-order valence-electron chi connectivity index (χ3n) is 2.50. The van der Waals surface area contributed by atoms with E-state index < -0.39 is 6.10 Å². The highest BCUT2D eigenvalue weighted by atomic mass is 16.3. The van der Waals surface area contributed by atoms with E-state index in [0.717, 1.165) is 17.6 Å². The minimum absolute atomic E-state index is 0.312. The Bertz CT molecular complexity index is 438. The molecule has 0 spiro atoms. The number of hydrogen-bond acceptors (Lipinski definition) is 3. The van der Waals surface area contributed by atoms with Crippen molar-refractivity contribution in [2.24, 2.45) is 5.73 Å². The van der Waals surface area contributed by atoms with Crippen LogP contribution in [0.1, 0.15) is 6.42 Å². The first-order valence-corrected chi connectivity index (χ1v) is 5.09. The van der Waals surface area contributed by atoms with Gasteiger partial charge in [0.2, 0.25) is 0 Å². The van der Waals surface area contributed by atoms with Crippen LogP contribution in [-0.4, -0.2) is 27.3 Å². The largest absolute Gasteiger partial charge is 0.392 e. The van der Waals surface area contributed by atoms with E-state index in [1.54, 1.807) is 6.33 Å². The summed E-state index contributed by atoms with van der Waals surface area (Å²) in [6, 6.07) is 7.95. The highest BCUT2D eigenvalue weighted by molar-refractivity contribution is 5.74. The molecule has 2 rings (SSSR count). The van der Waals surface area contributed by atoms with E-state index in [0.29, 0.717) is 13.0 Å². The van der Waals surface area contributed by atoms with Crippen LogP contribution in [0.4, 0.5) is 0 Å². The Hall–Kier alpha value is -1.39. The molecular formula is C11H15N3O. The summed E-state index contributed by atoms with van der Waals surface area (Å²) < 4.78 is 2.04. The average molecular weight is 205 g/mol. The van der Waals surface area contributed by atoms with Crippen LogP contribution in [0.2, 0.25) is 0 Å². The maximum Gasteiger partial charge on any atom is 0.0958 e. The third kappa shape index (κ3) is 2.16. The van der Waals surface area contributed by atoms with Crippen molar-refractivity contribution >= 4 is 11.0 Å². The van der Waals surface area contributed by atoms with Crippen molar-refractivity contribution < 1.29 is 5.11 Å². The van der Waals surface area contributed by atoms with Gasteiger partial charge in [-0.3, -0.25) is 0 Å². The Labute approximate surface area is 88.3 Å². The number of aliphatic hydroxyl groups excluding tert-OH is 1. The predicted octanol–water partition coefficient (Wildman–Crippen LogP) is 0.746. The summed E-state index contributed by atoms with van der Waals surface area (Å²) in [7, 11) is 0. The molecule has 0 bridgehead atoms. The molecule has 0 aliphatic rings. The van der Waals surface area contributed by atoms with Gasteiger partial charge in [0.1, 0.15) is 0 Å². The molecule has 1 unspecified atom stereocenters. The second kappa shape index (κ2) is 4.42. The molecule has 1 atom stereocenters. The molecule has 0 aliphatic heterocycles. The average Bonchev–Trinajstić information content (AvgIpc) is 2.69. The second-order valence-electron chi connectivity index (χ2n) is 3.60. The summed E-state index contributed by atoms with van der Waals surface area (Å²) in [5.41, 5.74) is 7.43. The molecule has 80 valence electrons. The van der Waals surface area contributed by atoms with Crippen LogP contribution in [-0.2, 0) is 6.54 Å². The minimum atomic E-state index is -0.425. The summed E-state index contributed by atoms with van der Waals surface area (Å²) in [5, 5.41) is 9.37. The number of rotatable bonds is 4. The Morgan fingerprint density at radius 1 is 1.40 bits per heavy atom. The number of aromatic nitrogens is 2. The van der Waals surface area contributed by atoms with Gasteiger partial charge >= 0.3 is 0 Å². The lowest BCUT2D eigenvalue weighted by Gasteiger charge is -2.08. The number of benzene rings is 1. The lowest BCUT2D eigenvalue weighted by atomic mass is 10.2. The lowest BCUT2D eigenvalue weighted by molar-refractivity contribution is 0.167. The number of aryl methyl sites for hydroxylation is 1. The highest BCUT2D eigenvalue weighted by Crippen LogP contribution is 2.12. The summed E-state index contributed by atoms with van der Waals surface area (Å²) in [5.74, 6) is 0. The fraction of sp³-hybridized carbons (Fsp3) is 0.364. The quantitative estimate of drug-likeness (QED) is 0.774. The van der Waals surface area contributed by atoms with Gasteiger partial charge in [-0.1, -0.05) is 12.1 Å². The molecule has 0 fully saturated rings. The van der Waals surface area contributed by atoms with E-state index in [9.17, 15) is 5.11 Å². The number of nitrogens with zero attached hydrogens (tertiary/aromatic N) is 2. The van der Waals surface area contributed by atoms with E-state index >= 15 is 0 Å². The van der Waals surface area contributed by atoms with Gasteiger partial charge in [0.15, 0.2) is 0 Å². The lowest BCUT2D eigenvalue weighted by Crippen LogP contribution is -2.21. The second-order valence-corrected chi connectivity index (χ2v) is 3.60. The standard InChI is InChI=1S/C11H15N3O/c12-7-9(15)5-6-14-8-13-10-3-1-2-4-11(10)14/h1-4,8-9,15H,5-7,12H2. The first-order valence-electron chi connectivity index (χ1n) is 5.09. The zero-order chi connectivity index (χ0) is 10.7. The molecule has 0 saturated carbocycles. The van der Waals surface area contributed by atoms with Gasteiger partial charge in [-0.2, -0.15) is 0 Å². The normalized spacial score (nSPS) is 13.2. The highest BCUT2D eigenvalue weighted by Gasteiger charge is 2.04. The molecule has 0 radical (unpaired) electrons. The maximum atomic E-state index is 9.37. The summed E-state index contributed by atoms with van der Waals surface area (Å²) in [6.07, 6.45) is 2.04. The molecular weight excluding hydrogens is 190 g/mol. The van der Waals surface area contributed by atoms with Gasteiger partial charge in [-0.15, -0.1) is 0 Å². The number of nitrogens with two attached hydrogens (primary N) is 1. The first-order chi connectivity index (χ1) is 7.31. The zero-order valence-corrected chi connectivity index (χ0v) is 8.50. The Kier molecular flexibility index (Phi) is 2.99. The van der Waals surface area contributed by atoms with Gasteiger partial charge in [0.05, 0.1) is 23.5 Å². The van der Waals surface area contributed by atoms with Crippen molar-refractivity contribution in [1.82, 2.24) is 9.55 Å². The number of hydrogen-bond donors (Lipinski definition) is 2. The SMILES string of the molecule is NCC(O)CCn1cnc2ccccc21. The summed E-state index contributed by atoms with van der Waals surface area (Å²) in [4.78, 5) is 4.27. The van der Waals surface area contributed by atoms with Crippen LogP contribution >= 0.6 is 0 Å². The molecule has 1 aromatic heterocycles. The summed E-state index contributed by atoms with van der Waals surface area (Å²) in [6.45, 7) is 1.06. The van der Waals surface area contributed by atoms with Crippen LogP contribution in [0.3, 0.4) is 0 Å². The topological polar surface area (TPSA) is 64.1 Å². The van der Waals surface area contributed by atoms with Crippen LogP contribution in [0.25, 0.3) is 11.0 Å². The zero-order valence-electron chi connectivity index (χ0n) is 8.50. The fourth-order valence-corrected chi connectivity index (χ4v) is 1.59. The molecule has 0 saturated heterocycles. The number of imidazole rings is 1. The van der Waals surface area contributed by atoms with Crippen molar-refractivity contribution in [3.8, 4) is 0 Å². The molecule has 0 amide bonds. The van der Waals surface area contributed by atoms with Gasteiger partial charge in [-0.25, -0.2) is 4.98 Å². The van der Waals surface area contributed by atoms with Crippen molar-refractivity contribution in [3.63, 3.8) is 0 Å². The van der Waals surface area contributed by atoms with Gasteiger partial charge in [0.25, 0.3) is 0 Å². The number of fused-ring (bicyclic) bond motifs is 1. The van der Waals surface area contributed by atoms with E-state index in [-0.39, 0.29) is 0 Å². The predicted molar refractivity (Wildman–Crippen MR) is 59.4 cm³/mol. The Balaban J connectivity index is 2.14.